The number of aliphatic hydroxyl groups is 1. The van der Waals surface area contributed by atoms with Crippen molar-refractivity contribution in [2.75, 3.05) is 34.4 Å². The number of hydrogen-bond donors (Lipinski definition) is 1. The van der Waals surface area contributed by atoms with Crippen LogP contribution in [0, 0.1) is 29.9 Å². The van der Waals surface area contributed by atoms with Gasteiger partial charge in [0.25, 0.3) is 0 Å². The molecule has 0 amide bonds. The molecule has 3 aliphatic rings. The molecule has 0 saturated carbocycles. The number of aromatic nitrogens is 1. The number of esters is 1. The number of rotatable bonds is 8. The van der Waals surface area contributed by atoms with E-state index in [1.54, 1.807) is 72.6 Å². The van der Waals surface area contributed by atoms with Gasteiger partial charge in [0.2, 0.25) is 0 Å². The molecule has 0 unspecified atom stereocenters. The van der Waals surface area contributed by atoms with Gasteiger partial charge in [-0.15, -0.1) is 5.56 Å². The quantitative estimate of drug-likeness (QED) is 0.171. The molecular formula is C41H62N3O10W10Y-3. The number of hydrogen-bond acceptors (Lipinski definition) is 13. The Morgan fingerprint density at radius 3 is 2.18 bits per heavy atom. The van der Waals surface area contributed by atoms with Crippen molar-refractivity contribution >= 4 is 22.3 Å². The van der Waals surface area contributed by atoms with Crippen LogP contribution in [0.2, 0.25) is 0 Å². The largest absolute Gasteiger partial charge is 0 e. The molecule has 24 heteroatoms. The molecule has 13 nitrogen and oxygen atoms in total. The fraction of sp³-hybridized carbons (Fsp3) is 0.707. The Kier molecular flexibility index (Phi) is 52.7. The molecule has 1 N–H and O–H groups in total. The van der Waals surface area contributed by atoms with Gasteiger partial charge >= 0.3 is 58.0 Å². The van der Waals surface area contributed by atoms with E-state index in [1.165, 1.54) is 6.92 Å². The zero-order chi connectivity index (χ0) is 44.0. The van der Waals surface area contributed by atoms with Crippen LogP contribution in [0.1, 0.15) is 81.6 Å². The molecule has 4 rings (SSSR count). The second-order valence-corrected chi connectivity index (χ2v) is 15.7. The molecule has 0 aliphatic carbocycles. The monoisotopic (exact) mass is 2690 g/mol. The maximum Gasteiger partial charge on any atom is 0 e. The van der Waals surface area contributed by atoms with Crippen molar-refractivity contribution in [1.82, 2.24) is 9.88 Å². The number of nitrogens with zero attached hydrogens (tertiary/aromatic N) is 3. The molecule has 12 atom stereocenters. The summed E-state index contributed by atoms with van der Waals surface area (Å²) in [5, 5.41) is 16.7. The molecular weight excluding hydrogens is 2620 g/mol. The first-order valence-electron chi connectivity index (χ1n) is 19.6. The van der Waals surface area contributed by atoms with Gasteiger partial charge < -0.3 is 53.0 Å². The van der Waals surface area contributed by atoms with Gasteiger partial charge in [0.1, 0.15) is 30.1 Å². The van der Waals surface area contributed by atoms with E-state index in [4.69, 9.17) is 34.6 Å². The third-order valence-electron chi connectivity index (χ3n) is 11.3. The maximum atomic E-state index is 14.4. The van der Waals surface area contributed by atoms with Crippen LogP contribution in [-0.4, -0.2) is 126 Å². The van der Waals surface area contributed by atoms with E-state index in [2.05, 4.69) is 32.7 Å². The number of Topliss-reactive ketones (excluding diaryl/α,β-unsaturated/α-hetero) is 1. The minimum Gasteiger partial charge on any atom is 0 e. The minimum atomic E-state index is -1.69. The van der Waals surface area contributed by atoms with Gasteiger partial charge in [0, 0.05) is 211 Å². The van der Waals surface area contributed by atoms with Gasteiger partial charge in [-0.1, -0.05) is 57.4 Å². The second-order valence-electron chi connectivity index (χ2n) is 15.7. The van der Waals surface area contributed by atoms with Crippen molar-refractivity contribution in [3.63, 3.8) is 0 Å². The van der Waals surface area contributed by atoms with Crippen LogP contribution in [0.3, 0.4) is 0 Å². The van der Waals surface area contributed by atoms with Crippen LogP contribution in [-0.2, 0) is 281 Å². The Labute approximate surface area is 545 Å². The normalized spacial score (nSPS) is 32.0. The molecule has 4 heterocycles. The first kappa shape index (κ1) is 81.3. The van der Waals surface area contributed by atoms with E-state index in [9.17, 15) is 14.7 Å². The summed E-state index contributed by atoms with van der Waals surface area (Å²) >= 11 is 4.42. The number of carbonyl (C=O) groups excluding carboxylic acids is 2. The summed E-state index contributed by atoms with van der Waals surface area (Å²) in [7, 11) is 5.59. The molecule has 367 valence electrons. The van der Waals surface area contributed by atoms with Crippen molar-refractivity contribution in [1.29, 1.82) is 0 Å². The number of cyclic esters (lactones) is 1. The topological polar surface area (TPSA) is 147 Å². The average Bonchev–Trinajstić information content (AvgIpc) is 3.21. The molecule has 1 radical (unpaired) electrons. The smallest absolute Gasteiger partial charge is 0 e. The summed E-state index contributed by atoms with van der Waals surface area (Å²) in [6, 6.07) is 3.48. The van der Waals surface area contributed by atoms with Gasteiger partial charge in [0.05, 0.1) is 37.1 Å². The predicted octanol–water partition coefficient (Wildman–Crippen LogP) is 4.32. The number of carbonyl (C=O) groups is 2. The number of methoxy groups -OCH3 is 1. The average molecular weight is 2690 g/mol. The zero-order valence-electron chi connectivity index (χ0n) is 39.6. The van der Waals surface area contributed by atoms with Crippen molar-refractivity contribution in [2.45, 2.75) is 135 Å². The zero-order valence-corrected chi connectivity index (χ0v) is 70.8. The van der Waals surface area contributed by atoms with Crippen molar-refractivity contribution in [3.8, 4) is 0 Å². The molecule has 1 aromatic heterocycles. The van der Waals surface area contributed by atoms with E-state index >= 15 is 0 Å². The first-order chi connectivity index (χ1) is 27.4. The number of ketones is 1. The third-order valence-corrected chi connectivity index (χ3v) is 11.3. The minimum absolute atomic E-state index is 0. The molecule has 2 bridgehead atoms. The first-order valence-corrected chi connectivity index (χ1v) is 31.5. The summed E-state index contributed by atoms with van der Waals surface area (Å²) in [5.41, 5.74) is -0.917. The summed E-state index contributed by atoms with van der Waals surface area (Å²) in [5.74, 6) is -2.97. The van der Waals surface area contributed by atoms with Crippen LogP contribution in [0.5, 0.6) is 0 Å². The fourth-order valence-electron chi connectivity index (χ4n) is 8.05. The summed E-state index contributed by atoms with van der Waals surface area (Å²) < 4.78 is 44.7. The number of fused-ring (bicyclic) bond motifs is 5. The van der Waals surface area contributed by atoms with Crippen LogP contribution in [0.4, 0.5) is 0 Å². The number of ether oxygens (including phenoxy) is 6. The van der Waals surface area contributed by atoms with Gasteiger partial charge in [0.15, 0.2) is 12.3 Å². The van der Waals surface area contributed by atoms with Crippen LogP contribution in [0.25, 0.3) is 0 Å². The molecule has 0 spiro atoms. The van der Waals surface area contributed by atoms with Gasteiger partial charge in [-0.25, -0.2) is 5.92 Å². The molecule has 3 fully saturated rings. The van der Waals surface area contributed by atoms with Crippen LogP contribution >= 0.6 is 0 Å². The van der Waals surface area contributed by atoms with E-state index < -0.39 is 65.5 Å². The Morgan fingerprint density at radius 2 is 1.68 bits per heavy atom. The number of likely N-dealkylation sites (N-methyl/N-ethyl adjacent to an activating group) is 1. The SMILES string of the molecule is C=C1[C@H](C)C[C@@]2(C)OCC(=NOCc3cc[c-]nc3)CO[C@H]([C@H]1C)[C@](C)(O)[C@@H](CC)OC(=O)[C-](C)C(=O)[C@H](C)[C@H]2O[C@@H]1O[C@H](C)C[C@H](N(C)C)[C@H]1OC.[3H][C-]=[W].[W].[W].[W].[W].[W].[W].[W].[W]=[W].[Y]. The van der Waals surface area contributed by atoms with Crippen molar-refractivity contribution < 1.29 is 281 Å². The number of oxime groups is 1. The molecule has 65 heavy (non-hydrogen) atoms. The van der Waals surface area contributed by atoms with Crippen LogP contribution in [0.15, 0.2) is 35.6 Å². The van der Waals surface area contributed by atoms with Crippen molar-refractivity contribution in [2.24, 2.45) is 22.9 Å². The summed E-state index contributed by atoms with van der Waals surface area (Å²) in [6.07, 6.45) is 1.29. The molecule has 0 aromatic carbocycles. The Morgan fingerprint density at radius 1 is 1.09 bits per heavy atom. The molecule has 3 saturated heterocycles. The van der Waals surface area contributed by atoms with E-state index in [1.807, 2.05) is 47.9 Å². The van der Waals surface area contributed by atoms with Gasteiger partial charge in [-0.2, -0.15) is 19.1 Å². The Bertz CT molecular complexity index is 1540. The van der Waals surface area contributed by atoms with Gasteiger partial charge in [-0.3, -0.25) is 4.79 Å². The van der Waals surface area contributed by atoms with Crippen molar-refractivity contribution in [3.05, 3.63) is 48.2 Å². The Hall–Kier alpha value is 4.95. The third kappa shape index (κ3) is 24.2. The predicted molar refractivity (Wildman–Crippen MR) is 204 cm³/mol. The Balaban J connectivity index is -0.000000514. The van der Waals surface area contributed by atoms with Crippen LogP contribution < -0.4 is 0 Å². The van der Waals surface area contributed by atoms with E-state index in [0.29, 0.717) is 18.6 Å². The molecule has 3 aliphatic heterocycles. The van der Waals surface area contributed by atoms with E-state index in [0.717, 1.165) is 30.5 Å². The fourth-order valence-corrected chi connectivity index (χ4v) is 8.05. The summed E-state index contributed by atoms with van der Waals surface area (Å²) in [6.45, 7) is 18.9. The summed E-state index contributed by atoms with van der Waals surface area (Å²) in [4.78, 5) is 42.1. The number of pyridine rings is 1. The molecule has 1 aromatic rings. The van der Waals surface area contributed by atoms with Gasteiger partial charge in [-0.05, 0) is 60.0 Å². The maximum absolute atomic E-state index is 14.4. The standard InChI is InChI=1S/C40H61N3O10.CH.10W.Y/c1-13-32-40(9,46)36-26(5)25(4)23(2)18-39(8,49-22-30(21-48-36)42-50-20-29-15-14-16-41-19-29)35(27(6)33(44)28(7)37(45)52-32)53-38-34(47-12)31(43(10)11)17-24(3)51-38;;;;;;;;;;;;/h14-15,19,23-24,26-27,31-32,34-36,38,46H,4,13,17-18,20-22H2,1-3,5-12H3;1H;;;;;;;;;;;/q-2;-1;;;;;;;;;;;/t23-,24-,26+,27+,31+,32-,34-,35-,36-,38+,39-,40-;;;;;;;;;;;;/m1............/s1/i;1T;;;;;;;;;;;. The van der Waals surface area contributed by atoms with E-state index in [-0.39, 0.29) is 230 Å². The second kappa shape index (κ2) is 42.1.